The minimum absolute atomic E-state index is 0.122. The molecule has 0 unspecified atom stereocenters. The molecule has 0 aromatic heterocycles. The van der Waals surface area contributed by atoms with E-state index in [4.69, 9.17) is 4.74 Å². The fourth-order valence-electron chi connectivity index (χ4n) is 3.79. The zero-order valence-corrected chi connectivity index (χ0v) is 15.6. The molecule has 1 atom stereocenters. The first kappa shape index (κ1) is 18.2. The molecule has 0 bridgehead atoms. The van der Waals surface area contributed by atoms with Crippen molar-refractivity contribution in [3.63, 3.8) is 0 Å². The number of carbonyl (C=O) groups is 3. The highest BCUT2D eigenvalue weighted by Crippen LogP contribution is 2.44. The largest absolute Gasteiger partial charge is 0.385 e. The smallest absolute Gasteiger partial charge is 0.260 e. The van der Waals surface area contributed by atoms with Gasteiger partial charge in [0.15, 0.2) is 0 Å². The number of rotatable bonds is 6. The zero-order valence-electron chi connectivity index (χ0n) is 15.6. The van der Waals surface area contributed by atoms with Crippen LogP contribution in [0.5, 0.6) is 0 Å². The Kier molecular flexibility index (Phi) is 4.83. The first-order valence-electron chi connectivity index (χ1n) is 9.21. The van der Waals surface area contributed by atoms with Crippen LogP contribution in [0.1, 0.15) is 38.9 Å². The molecule has 0 aliphatic carbocycles. The number of hydrogen-bond acceptors (Lipinski definition) is 4. The first-order valence-corrected chi connectivity index (χ1v) is 9.21. The van der Waals surface area contributed by atoms with E-state index < -0.39 is 6.17 Å². The quantitative estimate of drug-likeness (QED) is 0.778. The number of hydrogen-bond donors (Lipinski definition) is 1. The minimum Gasteiger partial charge on any atom is -0.385 e. The molecule has 0 radical (unpaired) electrons. The molecule has 2 aliphatic heterocycles. The van der Waals surface area contributed by atoms with Gasteiger partial charge in [-0.3, -0.25) is 19.3 Å². The Balaban J connectivity index is 1.67. The normalized spacial score (nSPS) is 17.2. The topological polar surface area (TPSA) is 79.0 Å². The third-order valence-corrected chi connectivity index (χ3v) is 5.04. The SMILES string of the molecule is COCCCNC(=O)CN1C(=O)c2ccccc2N2C(=O)c3ccccc3[C@H]12. The van der Waals surface area contributed by atoms with Gasteiger partial charge < -0.3 is 15.0 Å². The average molecular weight is 379 g/mol. The van der Waals surface area contributed by atoms with Crippen molar-refractivity contribution in [2.45, 2.75) is 12.6 Å². The van der Waals surface area contributed by atoms with Gasteiger partial charge in [-0.15, -0.1) is 0 Å². The number of fused-ring (bicyclic) bond motifs is 5. The molecule has 28 heavy (non-hydrogen) atoms. The molecule has 3 amide bonds. The fraction of sp³-hybridized carbons (Fsp3) is 0.286. The van der Waals surface area contributed by atoms with Crippen LogP contribution in [0.2, 0.25) is 0 Å². The van der Waals surface area contributed by atoms with Crippen molar-refractivity contribution in [2.24, 2.45) is 0 Å². The van der Waals surface area contributed by atoms with Crippen LogP contribution in [-0.2, 0) is 9.53 Å². The molecule has 2 aliphatic rings. The van der Waals surface area contributed by atoms with Gasteiger partial charge in [-0.2, -0.15) is 0 Å². The Labute approximate surface area is 162 Å². The highest BCUT2D eigenvalue weighted by molar-refractivity contribution is 6.17. The van der Waals surface area contributed by atoms with Crippen LogP contribution >= 0.6 is 0 Å². The van der Waals surface area contributed by atoms with Crippen LogP contribution in [-0.4, -0.2) is 49.4 Å². The summed E-state index contributed by atoms with van der Waals surface area (Å²) in [6.45, 7) is 0.896. The fourth-order valence-corrected chi connectivity index (χ4v) is 3.79. The number of nitrogens with zero attached hydrogens (tertiary/aromatic N) is 2. The highest BCUT2D eigenvalue weighted by Gasteiger charge is 2.47. The third kappa shape index (κ3) is 2.93. The van der Waals surface area contributed by atoms with Crippen molar-refractivity contribution in [2.75, 3.05) is 31.7 Å². The summed E-state index contributed by atoms with van der Waals surface area (Å²) < 4.78 is 4.98. The van der Waals surface area contributed by atoms with Crippen molar-refractivity contribution in [1.82, 2.24) is 10.2 Å². The molecular weight excluding hydrogens is 358 g/mol. The van der Waals surface area contributed by atoms with Crippen LogP contribution < -0.4 is 10.2 Å². The van der Waals surface area contributed by atoms with Gasteiger partial charge in [0.05, 0.1) is 11.3 Å². The summed E-state index contributed by atoms with van der Waals surface area (Å²) in [5.74, 6) is -0.680. The van der Waals surface area contributed by atoms with Gasteiger partial charge in [0.25, 0.3) is 11.8 Å². The van der Waals surface area contributed by atoms with Crippen LogP contribution in [0.4, 0.5) is 5.69 Å². The molecule has 2 heterocycles. The van der Waals surface area contributed by atoms with E-state index in [2.05, 4.69) is 5.32 Å². The van der Waals surface area contributed by atoms with E-state index in [0.29, 0.717) is 36.4 Å². The number of nitrogens with one attached hydrogen (secondary N) is 1. The molecule has 2 aromatic rings. The predicted octanol–water partition coefficient (Wildman–Crippen LogP) is 1.95. The molecule has 7 nitrogen and oxygen atoms in total. The second-order valence-electron chi connectivity index (χ2n) is 6.78. The van der Waals surface area contributed by atoms with Crippen molar-refractivity contribution in [3.05, 3.63) is 65.2 Å². The molecule has 144 valence electrons. The Morgan fingerprint density at radius 1 is 1.04 bits per heavy atom. The number of para-hydroxylation sites is 1. The summed E-state index contributed by atoms with van der Waals surface area (Å²) in [5.41, 5.74) is 2.30. The van der Waals surface area contributed by atoms with Crippen LogP contribution in [0.15, 0.2) is 48.5 Å². The van der Waals surface area contributed by atoms with E-state index in [1.165, 1.54) is 4.90 Å². The van der Waals surface area contributed by atoms with E-state index in [9.17, 15) is 14.4 Å². The standard InChI is InChI=1S/C21H21N3O4/c1-28-12-6-11-22-18(25)13-23-19-14-7-2-3-8-15(14)21(27)24(19)17-10-5-4-9-16(17)20(23)26/h2-5,7-10,19H,6,11-13H2,1H3,(H,22,25)/t19-/m1/s1. The number of carbonyl (C=O) groups excluding carboxylic acids is 3. The summed E-state index contributed by atoms with van der Waals surface area (Å²) in [6.07, 6.45) is 0.0754. The number of methoxy groups -OCH3 is 1. The lowest BCUT2D eigenvalue weighted by Crippen LogP contribution is -2.51. The van der Waals surface area contributed by atoms with E-state index in [1.807, 2.05) is 12.1 Å². The molecule has 0 spiro atoms. The number of benzene rings is 2. The predicted molar refractivity (Wildman–Crippen MR) is 103 cm³/mol. The minimum atomic E-state index is -0.615. The van der Waals surface area contributed by atoms with Gasteiger partial charge in [0.1, 0.15) is 12.7 Å². The average Bonchev–Trinajstić information content (AvgIpc) is 3.01. The number of amides is 3. The van der Waals surface area contributed by atoms with Crippen LogP contribution in [0.25, 0.3) is 0 Å². The summed E-state index contributed by atoms with van der Waals surface area (Å²) in [6, 6.07) is 14.2. The Morgan fingerprint density at radius 2 is 1.75 bits per heavy atom. The molecular formula is C21H21N3O4. The maximum Gasteiger partial charge on any atom is 0.260 e. The highest BCUT2D eigenvalue weighted by atomic mass is 16.5. The van der Waals surface area contributed by atoms with Gasteiger partial charge in [0, 0.05) is 31.4 Å². The molecule has 0 fully saturated rings. The van der Waals surface area contributed by atoms with E-state index >= 15 is 0 Å². The second kappa shape index (κ2) is 7.44. The van der Waals surface area contributed by atoms with Crippen molar-refractivity contribution >= 4 is 23.4 Å². The molecule has 2 aromatic carbocycles. The zero-order chi connectivity index (χ0) is 19.7. The molecule has 0 saturated heterocycles. The van der Waals surface area contributed by atoms with Crippen LogP contribution in [0.3, 0.4) is 0 Å². The molecule has 4 rings (SSSR count). The van der Waals surface area contributed by atoms with Crippen molar-refractivity contribution in [3.8, 4) is 0 Å². The van der Waals surface area contributed by atoms with Crippen molar-refractivity contribution < 1.29 is 19.1 Å². The van der Waals surface area contributed by atoms with Gasteiger partial charge in [-0.1, -0.05) is 30.3 Å². The lowest BCUT2D eigenvalue weighted by molar-refractivity contribution is -0.122. The number of ether oxygens (including phenoxy) is 1. The molecule has 1 N–H and O–H groups in total. The first-order chi connectivity index (χ1) is 13.6. The number of anilines is 1. The van der Waals surface area contributed by atoms with Gasteiger partial charge in [0.2, 0.25) is 5.91 Å². The lowest BCUT2D eigenvalue weighted by atomic mass is 10.0. The Bertz CT molecular complexity index is 943. The summed E-state index contributed by atoms with van der Waals surface area (Å²) >= 11 is 0. The van der Waals surface area contributed by atoms with Crippen molar-refractivity contribution in [1.29, 1.82) is 0 Å². The molecule has 7 heteroatoms. The van der Waals surface area contributed by atoms with Gasteiger partial charge in [-0.05, 0) is 24.6 Å². The van der Waals surface area contributed by atoms with Gasteiger partial charge >= 0.3 is 0 Å². The van der Waals surface area contributed by atoms with Gasteiger partial charge in [-0.25, -0.2) is 0 Å². The maximum atomic E-state index is 13.2. The van der Waals surface area contributed by atoms with E-state index in [0.717, 1.165) is 5.56 Å². The van der Waals surface area contributed by atoms with E-state index in [-0.39, 0.29) is 24.3 Å². The lowest BCUT2D eigenvalue weighted by Gasteiger charge is -2.40. The maximum absolute atomic E-state index is 13.2. The third-order valence-electron chi connectivity index (χ3n) is 5.04. The Hall–Kier alpha value is -3.19. The monoisotopic (exact) mass is 379 g/mol. The summed E-state index contributed by atoms with van der Waals surface area (Å²) in [4.78, 5) is 41.8. The second-order valence-corrected chi connectivity index (χ2v) is 6.78. The Morgan fingerprint density at radius 3 is 2.54 bits per heavy atom. The summed E-state index contributed by atoms with van der Waals surface area (Å²) in [5, 5.41) is 2.81. The van der Waals surface area contributed by atoms with Crippen LogP contribution in [0, 0.1) is 0 Å². The van der Waals surface area contributed by atoms with E-state index in [1.54, 1.807) is 48.4 Å². The summed E-state index contributed by atoms with van der Waals surface area (Å²) in [7, 11) is 1.61. The molecule has 0 saturated carbocycles.